The summed E-state index contributed by atoms with van der Waals surface area (Å²) in [6.45, 7) is 0. The molecule has 0 aliphatic carbocycles. The average Bonchev–Trinajstić information content (AvgIpc) is 2.50. The number of carbonyl (C=O) groups excluding carboxylic acids is 1. The summed E-state index contributed by atoms with van der Waals surface area (Å²) in [7, 11) is 2.74. The molecule has 0 spiro atoms. The molecular weight excluding hydrogens is 325 g/mol. The second-order valence-electron chi connectivity index (χ2n) is 4.73. The predicted molar refractivity (Wildman–Crippen MR) is 86.0 cm³/mol. The lowest BCUT2D eigenvalue weighted by Gasteiger charge is -2.09. The zero-order valence-corrected chi connectivity index (χ0v) is 13.1. The maximum atomic E-state index is 13.6. The molecule has 0 bridgehead atoms. The smallest absolute Gasteiger partial charge is 0.308 e. The van der Waals surface area contributed by atoms with E-state index in [1.165, 1.54) is 38.4 Å². The van der Waals surface area contributed by atoms with Gasteiger partial charge in [0.2, 0.25) is 5.91 Å². The van der Waals surface area contributed by atoms with Crippen molar-refractivity contribution in [2.24, 2.45) is 14.1 Å². The van der Waals surface area contributed by atoms with Gasteiger partial charge in [-0.15, -0.1) is 0 Å². The molecule has 2 aromatic rings. The molecule has 0 saturated heterocycles. The Bertz CT molecular complexity index is 895. The molecule has 0 radical (unpaired) electrons. The predicted octanol–water partition coefficient (Wildman–Crippen LogP) is 1.53. The zero-order chi connectivity index (χ0) is 17.1. The number of carbonyl (C=O) groups is 1. The summed E-state index contributed by atoms with van der Waals surface area (Å²) in [6.07, 6.45) is 2.28. The Morgan fingerprint density at radius 3 is 2.61 bits per heavy atom. The van der Waals surface area contributed by atoms with Gasteiger partial charge in [-0.2, -0.15) is 0 Å². The molecule has 0 atom stereocenters. The number of hydrogen-bond acceptors (Lipinski definition) is 3. The van der Waals surface area contributed by atoms with Crippen molar-refractivity contribution in [2.75, 3.05) is 5.32 Å². The van der Waals surface area contributed by atoms with E-state index in [1.807, 2.05) is 0 Å². The molecular formula is C15H13ClFN3O3. The number of rotatable bonds is 3. The van der Waals surface area contributed by atoms with Crippen LogP contribution >= 0.6 is 11.6 Å². The first-order chi connectivity index (χ1) is 10.8. The Balaban J connectivity index is 2.26. The first kappa shape index (κ1) is 16.7. The number of aromatic nitrogens is 2. The highest BCUT2D eigenvalue weighted by molar-refractivity contribution is 6.32. The molecule has 23 heavy (non-hydrogen) atoms. The molecule has 1 amide bonds. The maximum Gasteiger partial charge on any atom is 0.332 e. The molecule has 0 unspecified atom stereocenters. The van der Waals surface area contributed by atoms with Crippen LogP contribution in [0.15, 0.2) is 39.9 Å². The largest absolute Gasteiger partial charge is 0.332 e. The summed E-state index contributed by atoms with van der Waals surface area (Å²) >= 11 is 5.84. The Kier molecular flexibility index (Phi) is 4.80. The van der Waals surface area contributed by atoms with E-state index in [9.17, 15) is 18.8 Å². The van der Waals surface area contributed by atoms with Crippen molar-refractivity contribution in [3.63, 3.8) is 0 Å². The quantitative estimate of drug-likeness (QED) is 0.863. The summed E-state index contributed by atoms with van der Waals surface area (Å²) in [4.78, 5) is 35.2. The van der Waals surface area contributed by atoms with Crippen LogP contribution in [0.5, 0.6) is 0 Å². The van der Waals surface area contributed by atoms with Gasteiger partial charge in [-0.1, -0.05) is 17.7 Å². The van der Waals surface area contributed by atoms with Gasteiger partial charge in [-0.25, -0.2) is 9.18 Å². The first-order valence-electron chi connectivity index (χ1n) is 6.51. The summed E-state index contributed by atoms with van der Waals surface area (Å²) in [6, 6.07) is 5.27. The van der Waals surface area contributed by atoms with Crippen molar-refractivity contribution in [2.45, 2.75) is 0 Å². The van der Waals surface area contributed by atoms with Gasteiger partial charge in [0.25, 0.3) is 5.56 Å². The molecule has 1 aromatic carbocycles. The summed E-state index contributed by atoms with van der Waals surface area (Å²) in [5.74, 6) is -1.16. The number of halogens is 2. The number of anilines is 1. The minimum atomic E-state index is -0.632. The van der Waals surface area contributed by atoms with Gasteiger partial charge < -0.3 is 5.32 Å². The van der Waals surface area contributed by atoms with Crippen LogP contribution < -0.4 is 16.6 Å². The molecule has 1 aromatic heterocycles. The van der Waals surface area contributed by atoms with E-state index in [2.05, 4.69) is 5.32 Å². The Morgan fingerprint density at radius 2 is 1.96 bits per heavy atom. The number of nitrogens with one attached hydrogen (secondary N) is 1. The van der Waals surface area contributed by atoms with Crippen LogP contribution in [0.2, 0.25) is 5.02 Å². The van der Waals surface area contributed by atoms with Crippen LogP contribution in [0, 0.1) is 5.82 Å². The fourth-order valence-corrected chi connectivity index (χ4v) is 2.08. The van der Waals surface area contributed by atoms with Crippen LogP contribution in [-0.4, -0.2) is 15.0 Å². The van der Waals surface area contributed by atoms with Crippen molar-refractivity contribution in [3.05, 3.63) is 67.6 Å². The highest BCUT2D eigenvalue weighted by Crippen LogP contribution is 2.20. The normalized spacial score (nSPS) is 11.0. The number of benzene rings is 1. The van der Waals surface area contributed by atoms with E-state index in [-0.39, 0.29) is 16.4 Å². The monoisotopic (exact) mass is 337 g/mol. The van der Waals surface area contributed by atoms with Gasteiger partial charge >= 0.3 is 5.69 Å². The van der Waals surface area contributed by atoms with E-state index in [4.69, 9.17) is 11.6 Å². The van der Waals surface area contributed by atoms with Crippen molar-refractivity contribution >= 4 is 29.4 Å². The van der Waals surface area contributed by atoms with Crippen LogP contribution in [0.1, 0.15) is 5.56 Å². The summed E-state index contributed by atoms with van der Waals surface area (Å²) < 4.78 is 15.6. The Morgan fingerprint density at radius 1 is 1.26 bits per heavy atom. The van der Waals surface area contributed by atoms with Crippen molar-refractivity contribution in [1.82, 2.24) is 9.13 Å². The van der Waals surface area contributed by atoms with E-state index in [0.717, 1.165) is 21.3 Å². The lowest BCUT2D eigenvalue weighted by atomic mass is 10.2. The fourth-order valence-electron chi connectivity index (χ4n) is 1.85. The third kappa shape index (κ3) is 3.57. The minimum Gasteiger partial charge on any atom is -0.308 e. The molecule has 0 aliphatic rings. The highest BCUT2D eigenvalue weighted by Gasteiger charge is 2.08. The summed E-state index contributed by atoms with van der Waals surface area (Å²) in [5.41, 5.74) is -1.05. The van der Waals surface area contributed by atoms with Crippen LogP contribution in [-0.2, 0) is 18.9 Å². The molecule has 8 heteroatoms. The van der Waals surface area contributed by atoms with Gasteiger partial charge in [0.05, 0.1) is 5.02 Å². The molecule has 0 aliphatic heterocycles. The van der Waals surface area contributed by atoms with Gasteiger partial charge in [0.15, 0.2) is 0 Å². The van der Waals surface area contributed by atoms with Gasteiger partial charge in [0, 0.05) is 31.8 Å². The number of hydrogen-bond donors (Lipinski definition) is 1. The maximum absolute atomic E-state index is 13.6. The fraction of sp³-hybridized carbons (Fsp3) is 0.133. The molecule has 6 nitrogen and oxygen atoms in total. The van der Waals surface area contributed by atoms with Crippen molar-refractivity contribution in [3.8, 4) is 0 Å². The topological polar surface area (TPSA) is 73.1 Å². The SMILES string of the molecule is Cn1c(NC(=O)C=Cc2c(F)cccc2Cl)cc(=O)n(C)c1=O. The minimum absolute atomic E-state index is 0.0346. The van der Waals surface area contributed by atoms with Gasteiger partial charge in [0.1, 0.15) is 11.6 Å². The zero-order valence-electron chi connectivity index (χ0n) is 12.3. The lowest BCUT2D eigenvalue weighted by molar-refractivity contribution is -0.111. The van der Waals surface area contributed by atoms with Crippen molar-refractivity contribution < 1.29 is 9.18 Å². The van der Waals surface area contributed by atoms with E-state index >= 15 is 0 Å². The second kappa shape index (κ2) is 6.62. The third-order valence-electron chi connectivity index (χ3n) is 3.18. The summed E-state index contributed by atoms with van der Waals surface area (Å²) in [5, 5.41) is 2.55. The molecule has 2 rings (SSSR count). The van der Waals surface area contributed by atoms with Gasteiger partial charge in [-0.05, 0) is 18.2 Å². The standard InChI is InChI=1S/C15H13ClFN3O3/c1-19-12(8-14(22)20(2)15(19)23)18-13(21)7-6-9-10(16)4-3-5-11(9)17/h3-8H,1-2H3,(H,18,21). The molecule has 120 valence electrons. The Labute approximate surface area is 135 Å². The number of nitrogens with zero attached hydrogens (tertiary/aromatic N) is 2. The molecule has 1 heterocycles. The van der Waals surface area contributed by atoms with Crippen molar-refractivity contribution in [1.29, 1.82) is 0 Å². The highest BCUT2D eigenvalue weighted by atomic mass is 35.5. The van der Waals surface area contributed by atoms with Crippen LogP contribution in [0.25, 0.3) is 6.08 Å². The van der Waals surface area contributed by atoms with Crippen LogP contribution in [0.4, 0.5) is 10.2 Å². The second-order valence-corrected chi connectivity index (χ2v) is 5.13. The molecule has 0 fully saturated rings. The molecule has 1 N–H and O–H groups in total. The molecule has 0 saturated carbocycles. The first-order valence-corrected chi connectivity index (χ1v) is 6.89. The lowest BCUT2D eigenvalue weighted by Crippen LogP contribution is -2.37. The third-order valence-corrected chi connectivity index (χ3v) is 3.51. The Hall–Kier alpha value is -2.67. The van der Waals surface area contributed by atoms with Gasteiger partial charge in [-0.3, -0.25) is 18.7 Å². The van der Waals surface area contributed by atoms with E-state index in [1.54, 1.807) is 0 Å². The van der Waals surface area contributed by atoms with E-state index in [0.29, 0.717) is 0 Å². The van der Waals surface area contributed by atoms with Crippen LogP contribution in [0.3, 0.4) is 0 Å². The number of amides is 1. The average molecular weight is 338 g/mol. The van der Waals surface area contributed by atoms with E-state index < -0.39 is 23.0 Å².